The summed E-state index contributed by atoms with van der Waals surface area (Å²) in [5, 5.41) is 13.6. The van der Waals surface area contributed by atoms with E-state index >= 15 is 0 Å². The van der Waals surface area contributed by atoms with E-state index in [-0.39, 0.29) is 12.6 Å². The summed E-state index contributed by atoms with van der Waals surface area (Å²) >= 11 is 0. The van der Waals surface area contributed by atoms with Gasteiger partial charge in [-0.1, -0.05) is 18.2 Å². The first-order valence-electron chi connectivity index (χ1n) is 9.66. The third kappa shape index (κ3) is 3.40. The molecule has 1 heterocycles. The fourth-order valence-electron chi connectivity index (χ4n) is 4.26. The second-order valence-corrected chi connectivity index (χ2v) is 7.37. The average molecular weight is 382 g/mol. The van der Waals surface area contributed by atoms with Gasteiger partial charge in [-0.25, -0.2) is 4.79 Å². The molecule has 0 fully saturated rings. The number of aryl methyl sites for hydroxylation is 2. The Morgan fingerprint density at radius 2 is 1.89 bits per heavy atom. The largest absolute Gasteiger partial charge is 0.496 e. The zero-order valence-corrected chi connectivity index (χ0v) is 16.3. The maximum absolute atomic E-state index is 12.7. The van der Waals surface area contributed by atoms with Gasteiger partial charge in [0.15, 0.2) is 0 Å². The first-order chi connectivity index (χ1) is 13.6. The van der Waals surface area contributed by atoms with Gasteiger partial charge in [0.05, 0.1) is 27.3 Å². The third-order valence-electron chi connectivity index (χ3n) is 5.68. The number of carbonyl (C=O) groups excluding carboxylic acids is 1. The van der Waals surface area contributed by atoms with Gasteiger partial charge in [0, 0.05) is 17.7 Å². The molecule has 4 rings (SSSR count). The number of ether oxygens (including phenoxy) is 2. The fourth-order valence-corrected chi connectivity index (χ4v) is 4.26. The van der Waals surface area contributed by atoms with E-state index in [9.17, 15) is 9.90 Å². The topological polar surface area (TPSA) is 71.0 Å². The van der Waals surface area contributed by atoms with Gasteiger partial charge in [0.25, 0.3) is 0 Å². The van der Waals surface area contributed by atoms with Crippen molar-refractivity contribution < 1.29 is 19.4 Å². The molecule has 0 saturated carbocycles. The number of aliphatic hydroxyl groups is 1. The third-order valence-corrected chi connectivity index (χ3v) is 5.68. The Morgan fingerprint density at radius 3 is 2.68 bits per heavy atom. The number of carbonyl (C=O) groups is 1. The lowest BCUT2D eigenvalue weighted by Gasteiger charge is -2.34. The van der Waals surface area contributed by atoms with Crippen molar-refractivity contribution in [2.45, 2.75) is 38.5 Å². The molecule has 0 radical (unpaired) electrons. The minimum Gasteiger partial charge on any atom is -0.496 e. The van der Waals surface area contributed by atoms with Crippen LogP contribution in [-0.2, 0) is 25.9 Å². The molecule has 0 aromatic heterocycles. The second kappa shape index (κ2) is 7.72. The number of amides is 2. The Hall–Kier alpha value is -2.73. The smallest absolute Gasteiger partial charge is 0.318 e. The van der Waals surface area contributed by atoms with Gasteiger partial charge < -0.3 is 24.8 Å². The summed E-state index contributed by atoms with van der Waals surface area (Å²) in [5.41, 5.74) is 5.40. The molecule has 2 aromatic rings. The predicted molar refractivity (Wildman–Crippen MR) is 106 cm³/mol. The quantitative estimate of drug-likeness (QED) is 0.853. The monoisotopic (exact) mass is 382 g/mol. The lowest BCUT2D eigenvalue weighted by Crippen LogP contribution is -2.44. The molecule has 1 aliphatic heterocycles. The minimum absolute atomic E-state index is 0.199. The van der Waals surface area contributed by atoms with Crippen molar-refractivity contribution in [2.75, 3.05) is 20.8 Å². The van der Waals surface area contributed by atoms with Crippen LogP contribution in [0.15, 0.2) is 30.3 Å². The Kier molecular flexibility index (Phi) is 5.13. The van der Waals surface area contributed by atoms with Crippen LogP contribution in [0.25, 0.3) is 0 Å². The number of hydrogen-bond donors (Lipinski definition) is 2. The summed E-state index contributed by atoms with van der Waals surface area (Å²) in [6.45, 7) is 1.05. The Balaban J connectivity index is 1.47. The molecule has 2 N–H and O–H groups in total. The van der Waals surface area contributed by atoms with Crippen molar-refractivity contribution in [2.24, 2.45) is 0 Å². The zero-order valence-electron chi connectivity index (χ0n) is 16.3. The number of urea groups is 1. The van der Waals surface area contributed by atoms with Crippen molar-refractivity contribution in [1.29, 1.82) is 0 Å². The van der Waals surface area contributed by atoms with Crippen molar-refractivity contribution in [3.05, 3.63) is 58.1 Å². The fraction of sp³-hybridized carbons (Fsp3) is 0.409. The highest BCUT2D eigenvalue weighted by Crippen LogP contribution is 2.39. The molecule has 0 bridgehead atoms. The van der Waals surface area contributed by atoms with Gasteiger partial charge in [0.1, 0.15) is 17.6 Å². The Morgan fingerprint density at radius 1 is 1.14 bits per heavy atom. The van der Waals surface area contributed by atoms with Gasteiger partial charge >= 0.3 is 6.03 Å². The molecule has 148 valence electrons. The standard InChI is InChI=1S/C22H26N2O4/c1-27-19-8-9-20(28-2)21-17(19)12-24(13-18(21)25)22(26)23-11-14-6-7-15-4-3-5-16(15)10-14/h6-10,18,25H,3-5,11-13H2,1-2H3,(H,23,26). The van der Waals surface area contributed by atoms with E-state index < -0.39 is 6.10 Å². The zero-order chi connectivity index (χ0) is 19.7. The molecule has 2 amide bonds. The maximum Gasteiger partial charge on any atom is 0.318 e. The summed E-state index contributed by atoms with van der Waals surface area (Å²) < 4.78 is 10.8. The van der Waals surface area contributed by atoms with Crippen LogP contribution in [-0.4, -0.2) is 36.8 Å². The lowest BCUT2D eigenvalue weighted by molar-refractivity contribution is 0.100. The number of nitrogens with one attached hydrogen (secondary N) is 1. The minimum atomic E-state index is -0.820. The number of rotatable bonds is 4. The molecule has 0 saturated heterocycles. The van der Waals surface area contributed by atoms with Crippen molar-refractivity contribution in [3.63, 3.8) is 0 Å². The Labute approximate surface area is 165 Å². The van der Waals surface area contributed by atoms with Crippen LogP contribution in [0.3, 0.4) is 0 Å². The van der Waals surface area contributed by atoms with Gasteiger partial charge in [-0.15, -0.1) is 0 Å². The number of nitrogens with zero attached hydrogens (tertiary/aromatic N) is 1. The molecule has 1 unspecified atom stereocenters. The molecular weight excluding hydrogens is 356 g/mol. The number of aliphatic hydroxyl groups excluding tert-OH is 1. The van der Waals surface area contributed by atoms with E-state index in [1.54, 1.807) is 31.3 Å². The molecule has 0 spiro atoms. The van der Waals surface area contributed by atoms with Gasteiger partial charge in [-0.05, 0) is 48.1 Å². The highest BCUT2D eigenvalue weighted by molar-refractivity contribution is 5.75. The Bertz CT molecular complexity index is 896. The van der Waals surface area contributed by atoms with Crippen LogP contribution in [0.5, 0.6) is 11.5 Å². The number of hydrogen-bond acceptors (Lipinski definition) is 4. The summed E-state index contributed by atoms with van der Waals surface area (Å²) in [5.74, 6) is 1.26. The van der Waals surface area contributed by atoms with Crippen LogP contribution in [0, 0.1) is 0 Å². The van der Waals surface area contributed by atoms with E-state index in [1.165, 1.54) is 17.5 Å². The summed E-state index contributed by atoms with van der Waals surface area (Å²) in [6.07, 6.45) is 2.66. The summed E-state index contributed by atoms with van der Waals surface area (Å²) in [7, 11) is 3.16. The lowest BCUT2D eigenvalue weighted by atomic mass is 9.95. The number of benzene rings is 2. The SMILES string of the molecule is COc1ccc(OC)c2c1CN(C(=O)NCc1ccc3c(c1)CCC3)CC2O. The molecule has 2 aromatic carbocycles. The van der Waals surface area contributed by atoms with Crippen LogP contribution in [0.1, 0.15) is 40.3 Å². The van der Waals surface area contributed by atoms with Gasteiger partial charge in [-0.3, -0.25) is 0 Å². The summed E-state index contributed by atoms with van der Waals surface area (Å²) in [6, 6.07) is 9.83. The first kappa shape index (κ1) is 18.6. The van der Waals surface area contributed by atoms with Crippen LogP contribution < -0.4 is 14.8 Å². The van der Waals surface area contributed by atoms with E-state index in [0.717, 1.165) is 24.0 Å². The van der Waals surface area contributed by atoms with Crippen molar-refractivity contribution in [3.8, 4) is 11.5 Å². The molecule has 2 aliphatic rings. The van der Waals surface area contributed by atoms with Crippen molar-refractivity contribution in [1.82, 2.24) is 10.2 Å². The van der Waals surface area contributed by atoms with Crippen LogP contribution in [0.2, 0.25) is 0 Å². The molecule has 6 nitrogen and oxygen atoms in total. The molecule has 28 heavy (non-hydrogen) atoms. The van der Waals surface area contributed by atoms with Gasteiger partial charge in [0.2, 0.25) is 0 Å². The van der Waals surface area contributed by atoms with Crippen molar-refractivity contribution >= 4 is 6.03 Å². The van der Waals surface area contributed by atoms with Crippen LogP contribution >= 0.6 is 0 Å². The molecule has 1 aliphatic carbocycles. The average Bonchev–Trinajstić information content (AvgIpc) is 3.18. The number of fused-ring (bicyclic) bond motifs is 2. The molecule has 1 atom stereocenters. The highest BCUT2D eigenvalue weighted by Gasteiger charge is 2.31. The van der Waals surface area contributed by atoms with E-state index in [2.05, 4.69) is 23.5 Å². The van der Waals surface area contributed by atoms with E-state index in [4.69, 9.17) is 9.47 Å². The summed E-state index contributed by atoms with van der Waals surface area (Å²) in [4.78, 5) is 14.4. The first-order valence-corrected chi connectivity index (χ1v) is 9.66. The second-order valence-electron chi connectivity index (χ2n) is 7.37. The molecule has 6 heteroatoms. The highest BCUT2D eigenvalue weighted by atomic mass is 16.5. The number of methoxy groups -OCH3 is 2. The van der Waals surface area contributed by atoms with E-state index in [0.29, 0.717) is 30.2 Å². The molecular formula is C22H26N2O4. The van der Waals surface area contributed by atoms with E-state index in [1.807, 2.05) is 0 Å². The predicted octanol–water partition coefficient (Wildman–Crippen LogP) is 2.95. The van der Waals surface area contributed by atoms with Gasteiger partial charge in [-0.2, -0.15) is 0 Å². The van der Waals surface area contributed by atoms with Crippen LogP contribution in [0.4, 0.5) is 4.79 Å². The number of β-amino-alcohol motifs (C(OH)–C–C–N with tert-alkyl or cyclic N) is 1. The maximum atomic E-state index is 12.7. The normalized spacial score (nSPS) is 17.7.